The molecule has 4 saturated carbocycles. The quantitative estimate of drug-likeness (QED) is 0.652. The van der Waals surface area contributed by atoms with Crippen molar-refractivity contribution in [3.05, 3.63) is 0 Å². The van der Waals surface area contributed by atoms with E-state index in [1.165, 1.54) is 12.6 Å². The van der Waals surface area contributed by atoms with E-state index in [0.717, 1.165) is 32.1 Å². The standard InChI is InChI=1S/C13H19N3O2/c17-10-6-14-11(15-10)16-12-2-8-1-9(3-12)5-13(18,4-8)7-12/h6,8-9,11,16,18H,1-5,7H2,(H,15,17). The highest BCUT2D eigenvalue weighted by Gasteiger charge is 2.57. The summed E-state index contributed by atoms with van der Waals surface area (Å²) in [5, 5.41) is 16.9. The number of nitrogens with one attached hydrogen (secondary N) is 2. The molecule has 1 heterocycles. The van der Waals surface area contributed by atoms with Crippen LogP contribution in [0.3, 0.4) is 0 Å². The maximum absolute atomic E-state index is 11.2. The van der Waals surface area contributed by atoms with Crippen LogP contribution in [0.15, 0.2) is 4.99 Å². The van der Waals surface area contributed by atoms with Crippen molar-refractivity contribution >= 4 is 12.1 Å². The fourth-order valence-corrected chi connectivity index (χ4v) is 5.10. The largest absolute Gasteiger partial charge is 0.390 e. The Balaban J connectivity index is 1.56. The number of hydrogen-bond donors (Lipinski definition) is 3. The lowest BCUT2D eigenvalue weighted by molar-refractivity contribution is -0.145. The molecule has 5 aliphatic rings. The van der Waals surface area contributed by atoms with Crippen LogP contribution in [-0.4, -0.2) is 34.7 Å². The highest BCUT2D eigenvalue weighted by Crippen LogP contribution is 2.57. The van der Waals surface area contributed by atoms with Crippen LogP contribution in [0.5, 0.6) is 0 Å². The zero-order chi connectivity index (χ0) is 12.4. The summed E-state index contributed by atoms with van der Waals surface area (Å²) >= 11 is 0. The molecule has 4 fully saturated rings. The number of hydrogen-bond acceptors (Lipinski definition) is 4. The van der Waals surface area contributed by atoms with Crippen molar-refractivity contribution in [1.29, 1.82) is 0 Å². The Morgan fingerprint density at radius 2 is 2.06 bits per heavy atom. The Kier molecular flexibility index (Phi) is 2.02. The third kappa shape index (κ3) is 1.61. The van der Waals surface area contributed by atoms with E-state index in [1.54, 1.807) is 0 Å². The molecule has 98 valence electrons. The normalized spacial score (nSPS) is 52.9. The van der Waals surface area contributed by atoms with Crippen LogP contribution in [0.4, 0.5) is 0 Å². The van der Waals surface area contributed by atoms with Crippen LogP contribution in [0.25, 0.3) is 0 Å². The molecule has 0 radical (unpaired) electrons. The first-order chi connectivity index (χ1) is 8.54. The lowest BCUT2D eigenvalue weighted by Crippen LogP contribution is -2.67. The molecule has 0 aromatic rings. The zero-order valence-electron chi connectivity index (χ0n) is 10.4. The second-order valence-corrected chi connectivity index (χ2v) is 6.80. The summed E-state index contributed by atoms with van der Waals surface area (Å²) in [5.41, 5.74) is -0.484. The van der Waals surface area contributed by atoms with Gasteiger partial charge >= 0.3 is 0 Å². The second kappa shape index (κ2) is 3.33. The van der Waals surface area contributed by atoms with Crippen molar-refractivity contribution in [2.45, 2.75) is 56.0 Å². The predicted octanol–water partition coefficient (Wildman–Crippen LogP) is 0.144. The van der Waals surface area contributed by atoms with Gasteiger partial charge < -0.3 is 10.4 Å². The first-order valence-corrected chi connectivity index (χ1v) is 6.88. The SMILES string of the molecule is O=C1C=NC(NC23CC4CC(CC(O)(C4)C2)C3)N1. The van der Waals surface area contributed by atoms with Crippen LogP contribution >= 0.6 is 0 Å². The van der Waals surface area contributed by atoms with Crippen molar-refractivity contribution in [3.8, 4) is 0 Å². The Bertz CT molecular complexity index is 420. The van der Waals surface area contributed by atoms with Gasteiger partial charge in [0.15, 0.2) is 6.29 Å². The molecule has 1 amide bonds. The van der Waals surface area contributed by atoms with Gasteiger partial charge in [-0.25, -0.2) is 4.99 Å². The van der Waals surface area contributed by atoms with Crippen LogP contribution < -0.4 is 10.6 Å². The van der Waals surface area contributed by atoms with Crippen molar-refractivity contribution < 1.29 is 9.90 Å². The summed E-state index contributed by atoms with van der Waals surface area (Å²) in [6.07, 6.45) is 7.30. The molecule has 5 heteroatoms. The lowest BCUT2D eigenvalue weighted by atomic mass is 9.51. The first kappa shape index (κ1) is 10.9. The molecule has 3 unspecified atom stereocenters. The number of carbonyl (C=O) groups is 1. The summed E-state index contributed by atoms with van der Waals surface area (Å²) in [7, 11) is 0. The lowest BCUT2D eigenvalue weighted by Gasteiger charge is -2.60. The minimum Gasteiger partial charge on any atom is -0.390 e. The Morgan fingerprint density at radius 3 is 2.61 bits per heavy atom. The molecule has 5 nitrogen and oxygen atoms in total. The van der Waals surface area contributed by atoms with E-state index in [4.69, 9.17) is 0 Å². The Morgan fingerprint density at radius 1 is 1.33 bits per heavy atom. The first-order valence-electron chi connectivity index (χ1n) is 6.88. The summed E-state index contributed by atoms with van der Waals surface area (Å²) in [4.78, 5) is 15.3. The van der Waals surface area contributed by atoms with Gasteiger partial charge in [0.2, 0.25) is 0 Å². The monoisotopic (exact) mass is 249 g/mol. The Labute approximate surface area is 106 Å². The highest BCUT2D eigenvalue weighted by atomic mass is 16.3. The Hall–Kier alpha value is -0.940. The third-order valence-corrected chi connectivity index (χ3v) is 5.09. The van der Waals surface area contributed by atoms with Crippen molar-refractivity contribution in [1.82, 2.24) is 10.6 Å². The number of aliphatic hydroxyl groups is 1. The fraction of sp³-hybridized carbons (Fsp3) is 0.846. The van der Waals surface area contributed by atoms with E-state index in [9.17, 15) is 9.90 Å². The van der Waals surface area contributed by atoms with Gasteiger partial charge in [0.05, 0.1) is 11.8 Å². The molecule has 4 bridgehead atoms. The predicted molar refractivity (Wildman–Crippen MR) is 65.9 cm³/mol. The molecule has 0 saturated heterocycles. The average Bonchev–Trinajstić information content (AvgIpc) is 2.58. The maximum Gasteiger partial charge on any atom is 0.264 e. The number of aliphatic imine (C=N–C) groups is 1. The zero-order valence-corrected chi connectivity index (χ0v) is 10.4. The summed E-state index contributed by atoms with van der Waals surface area (Å²) in [6, 6.07) is 0. The molecule has 1 aliphatic heterocycles. The van der Waals surface area contributed by atoms with Crippen LogP contribution in [0.2, 0.25) is 0 Å². The van der Waals surface area contributed by atoms with Crippen molar-refractivity contribution in [2.24, 2.45) is 16.8 Å². The molecule has 0 aromatic carbocycles. The molecule has 0 spiro atoms. The number of rotatable bonds is 2. The molecular weight excluding hydrogens is 230 g/mol. The minimum atomic E-state index is -0.469. The number of amides is 1. The maximum atomic E-state index is 11.2. The van der Waals surface area contributed by atoms with Gasteiger partial charge in [-0.2, -0.15) is 0 Å². The van der Waals surface area contributed by atoms with Crippen LogP contribution in [0, 0.1) is 11.8 Å². The van der Waals surface area contributed by atoms with Crippen LogP contribution in [0.1, 0.15) is 38.5 Å². The van der Waals surface area contributed by atoms with E-state index in [1.807, 2.05) is 0 Å². The van der Waals surface area contributed by atoms with Gasteiger partial charge in [-0.3, -0.25) is 10.1 Å². The second-order valence-electron chi connectivity index (χ2n) is 6.80. The molecular formula is C13H19N3O2. The van der Waals surface area contributed by atoms with Crippen LogP contribution in [-0.2, 0) is 4.79 Å². The van der Waals surface area contributed by atoms with Crippen molar-refractivity contribution in [3.63, 3.8) is 0 Å². The average molecular weight is 249 g/mol. The van der Waals surface area contributed by atoms with Gasteiger partial charge in [-0.05, 0) is 50.4 Å². The topological polar surface area (TPSA) is 73.7 Å². The number of nitrogens with zero attached hydrogens (tertiary/aromatic N) is 1. The smallest absolute Gasteiger partial charge is 0.264 e. The van der Waals surface area contributed by atoms with Gasteiger partial charge in [0.1, 0.15) is 0 Å². The van der Waals surface area contributed by atoms with Gasteiger partial charge in [0.25, 0.3) is 5.91 Å². The third-order valence-electron chi connectivity index (χ3n) is 5.09. The number of carbonyl (C=O) groups excluding carboxylic acids is 1. The molecule has 0 aromatic heterocycles. The van der Waals surface area contributed by atoms with Gasteiger partial charge in [0, 0.05) is 5.54 Å². The molecule has 3 N–H and O–H groups in total. The summed E-state index contributed by atoms with van der Waals surface area (Å²) in [6.45, 7) is 0. The van der Waals surface area contributed by atoms with Crippen molar-refractivity contribution in [2.75, 3.05) is 0 Å². The van der Waals surface area contributed by atoms with E-state index < -0.39 is 5.60 Å². The molecule has 4 aliphatic carbocycles. The molecule has 5 rings (SSSR count). The molecule has 18 heavy (non-hydrogen) atoms. The summed E-state index contributed by atoms with van der Waals surface area (Å²) in [5.74, 6) is 1.16. The van der Waals surface area contributed by atoms with E-state index in [-0.39, 0.29) is 17.7 Å². The van der Waals surface area contributed by atoms with Gasteiger partial charge in [-0.15, -0.1) is 0 Å². The molecule has 3 atom stereocenters. The van der Waals surface area contributed by atoms with E-state index >= 15 is 0 Å². The highest BCUT2D eigenvalue weighted by molar-refractivity contribution is 6.27. The van der Waals surface area contributed by atoms with Gasteiger partial charge in [-0.1, -0.05) is 0 Å². The fourth-order valence-electron chi connectivity index (χ4n) is 5.10. The van der Waals surface area contributed by atoms with E-state index in [2.05, 4.69) is 15.6 Å². The minimum absolute atomic E-state index is 0.0154. The van der Waals surface area contributed by atoms with E-state index in [0.29, 0.717) is 11.8 Å². The summed E-state index contributed by atoms with van der Waals surface area (Å²) < 4.78 is 0.